The molecule has 0 aliphatic heterocycles. The maximum absolute atomic E-state index is 11.9. The van der Waals surface area contributed by atoms with Crippen molar-refractivity contribution in [3.63, 3.8) is 0 Å². The molecule has 5 heteroatoms. The number of nitrogens with zero attached hydrogens (tertiary/aromatic N) is 3. The number of hydrogen-bond donors (Lipinski definition) is 1. The van der Waals surface area contributed by atoms with E-state index in [1.165, 1.54) is 5.56 Å². The van der Waals surface area contributed by atoms with Crippen molar-refractivity contribution in [2.24, 2.45) is 23.2 Å². The predicted octanol–water partition coefficient (Wildman–Crippen LogP) is 3.59. The van der Waals surface area contributed by atoms with E-state index in [9.17, 15) is 5.11 Å². The Morgan fingerprint density at radius 1 is 1.33 bits per heavy atom. The summed E-state index contributed by atoms with van der Waals surface area (Å²) in [5, 5.41) is 16.9. The Kier molecular flexibility index (Phi) is 3.73. The maximum atomic E-state index is 11.9. The Bertz CT molecular complexity index is 715. The van der Waals surface area contributed by atoms with E-state index in [1.54, 1.807) is 17.3 Å². The van der Waals surface area contributed by atoms with Crippen LogP contribution in [0.1, 0.15) is 32.3 Å². The summed E-state index contributed by atoms with van der Waals surface area (Å²) in [4.78, 5) is 4.05. The highest BCUT2D eigenvalue weighted by molar-refractivity contribution is 6.30. The van der Waals surface area contributed by atoms with Crippen molar-refractivity contribution >= 4 is 11.6 Å². The average Bonchev–Trinajstić information content (AvgIpc) is 2.88. The van der Waals surface area contributed by atoms with Crippen molar-refractivity contribution in [1.29, 1.82) is 0 Å². The molecule has 2 aromatic rings. The van der Waals surface area contributed by atoms with Crippen LogP contribution in [0, 0.1) is 23.2 Å². The third kappa shape index (κ3) is 2.39. The van der Waals surface area contributed by atoms with E-state index in [0.29, 0.717) is 24.3 Å². The average molecular weight is 346 g/mol. The van der Waals surface area contributed by atoms with Crippen LogP contribution in [0.25, 0.3) is 0 Å². The molecule has 128 valence electrons. The minimum Gasteiger partial charge on any atom is -0.387 e. The molecule has 1 heterocycles. The van der Waals surface area contributed by atoms with Crippen LogP contribution in [0.5, 0.6) is 0 Å². The number of aromatic nitrogens is 3. The lowest BCUT2D eigenvalue weighted by Gasteiger charge is -2.41. The van der Waals surface area contributed by atoms with Gasteiger partial charge in [-0.05, 0) is 54.7 Å². The molecule has 1 aromatic carbocycles. The van der Waals surface area contributed by atoms with Gasteiger partial charge in [0.1, 0.15) is 12.7 Å². The van der Waals surface area contributed by atoms with Crippen LogP contribution >= 0.6 is 11.6 Å². The van der Waals surface area contributed by atoms with Crippen LogP contribution in [0.2, 0.25) is 5.02 Å². The molecule has 1 aromatic heterocycles. The first-order valence-electron chi connectivity index (χ1n) is 8.74. The zero-order chi connectivity index (χ0) is 16.9. The van der Waals surface area contributed by atoms with Crippen molar-refractivity contribution in [1.82, 2.24) is 14.8 Å². The third-order valence-electron chi connectivity index (χ3n) is 6.35. The molecule has 24 heavy (non-hydrogen) atoms. The fraction of sp³-hybridized carbons (Fsp3) is 0.579. The van der Waals surface area contributed by atoms with Crippen molar-refractivity contribution in [2.75, 3.05) is 0 Å². The van der Waals surface area contributed by atoms with Gasteiger partial charge in [0.15, 0.2) is 0 Å². The Morgan fingerprint density at radius 2 is 2.08 bits per heavy atom. The van der Waals surface area contributed by atoms with E-state index in [-0.39, 0.29) is 5.41 Å². The molecule has 2 saturated carbocycles. The lowest BCUT2D eigenvalue weighted by atomic mass is 9.71. The zero-order valence-electron chi connectivity index (χ0n) is 14.2. The van der Waals surface area contributed by atoms with Crippen LogP contribution < -0.4 is 0 Å². The lowest BCUT2D eigenvalue weighted by Crippen LogP contribution is -2.50. The van der Waals surface area contributed by atoms with Gasteiger partial charge in [0.05, 0.1) is 12.1 Å². The Morgan fingerprint density at radius 3 is 2.71 bits per heavy atom. The van der Waals surface area contributed by atoms with Crippen molar-refractivity contribution in [3.05, 3.63) is 47.5 Å². The Labute approximate surface area is 147 Å². The van der Waals surface area contributed by atoms with Gasteiger partial charge in [0, 0.05) is 10.4 Å². The summed E-state index contributed by atoms with van der Waals surface area (Å²) >= 11 is 6.02. The highest BCUT2D eigenvalue weighted by atomic mass is 35.5. The van der Waals surface area contributed by atoms with Crippen LogP contribution in [0.15, 0.2) is 36.9 Å². The van der Waals surface area contributed by atoms with Gasteiger partial charge in [-0.25, -0.2) is 4.98 Å². The first kappa shape index (κ1) is 16.1. The van der Waals surface area contributed by atoms with Gasteiger partial charge in [-0.2, -0.15) is 5.10 Å². The molecule has 4 unspecified atom stereocenters. The summed E-state index contributed by atoms with van der Waals surface area (Å²) in [5.41, 5.74) is 0.476. The fourth-order valence-electron chi connectivity index (χ4n) is 5.09. The van der Waals surface area contributed by atoms with Crippen molar-refractivity contribution in [2.45, 2.75) is 45.3 Å². The molecule has 4 nitrogen and oxygen atoms in total. The SMILES string of the molecule is CC(C)C1CC2CC2(Cc2ccc(Cl)cc2)C1(O)Cn1cncn1. The lowest BCUT2D eigenvalue weighted by molar-refractivity contribution is -0.0907. The number of fused-ring (bicyclic) bond motifs is 1. The molecule has 2 aliphatic carbocycles. The molecule has 0 bridgehead atoms. The summed E-state index contributed by atoms with van der Waals surface area (Å²) in [5.74, 6) is 1.36. The van der Waals surface area contributed by atoms with Gasteiger partial charge in [-0.1, -0.05) is 37.6 Å². The second-order valence-corrected chi connectivity index (χ2v) is 8.40. The number of rotatable bonds is 5. The summed E-state index contributed by atoms with van der Waals surface area (Å²) < 4.78 is 1.79. The molecule has 2 fully saturated rings. The largest absolute Gasteiger partial charge is 0.387 e. The monoisotopic (exact) mass is 345 g/mol. The minimum absolute atomic E-state index is 0.0400. The van der Waals surface area contributed by atoms with Crippen LogP contribution in [0.4, 0.5) is 0 Å². The molecular formula is C19H24ClN3O. The molecule has 0 saturated heterocycles. The van der Waals surface area contributed by atoms with E-state index in [2.05, 4.69) is 36.1 Å². The molecule has 0 radical (unpaired) electrons. The maximum Gasteiger partial charge on any atom is 0.137 e. The molecule has 4 rings (SSSR count). The van der Waals surface area contributed by atoms with E-state index in [1.807, 2.05) is 12.1 Å². The van der Waals surface area contributed by atoms with Crippen LogP contribution in [-0.4, -0.2) is 25.5 Å². The number of hydrogen-bond acceptors (Lipinski definition) is 3. The fourth-order valence-corrected chi connectivity index (χ4v) is 5.21. The summed E-state index contributed by atoms with van der Waals surface area (Å²) in [6, 6.07) is 8.06. The number of benzene rings is 1. The third-order valence-corrected chi connectivity index (χ3v) is 6.61. The van der Waals surface area contributed by atoms with Crippen molar-refractivity contribution < 1.29 is 5.11 Å². The predicted molar refractivity (Wildman–Crippen MR) is 93.6 cm³/mol. The van der Waals surface area contributed by atoms with E-state index >= 15 is 0 Å². The molecule has 0 spiro atoms. The molecular weight excluding hydrogens is 322 g/mol. The van der Waals surface area contributed by atoms with E-state index in [4.69, 9.17) is 11.6 Å². The first-order chi connectivity index (χ1) is 11.4. The van der Waals surface area contributed by atoms with Gasteiger partial charge in [-0.3, -0.25) is 4.68 Å². The van der Waals surface area contributed by atoms with Crippen LogP contribution in [0.3, 0.4) is 0 Å². The highest BCUT2D eigenvalue weighted by Gasteiger charge is 2.73. The van der Waals surface area contributed by atoms with E-state index < -0.39 is 5.60 Å². The minimum atomic E-state index is -0.737. The standard InChI is InChI=1S/C19H24ClN3O/c1-13(2)17-7-15-9-18(15,8-14-3-5-16(20)6-4-14)19(17,24)10-23-12-21-11-22-23/h3-6,11-13,15,17,24H,7-10H2,1-2H3. The summed E-state index contributed by atoms with van der Waals surface area (Å²) in [6.07, 6.45) is 6.36. The van der Waals surface area contributed by atoms with Crippen molar-refractivity contribution in [3.8, 4) is 0 Å². The second-order valence-electron chi connectivity index (χ2n) is 7.96. The van der Waals surface area contributed by atoms with Crippen LogP contribution in [-0.2, 0) is 13.0 Å². The van der Waals surface area contributed by atoms with E-state index in [0.717, 1.165) is 24.3 Å². The molecule has 1 N–H and O–H groups in total. The van der Waals surface area contributed by atoms with Gasteiger partial charge in [0.25, 0.3) is 0 Å². The van der Waals surface area contributed by atoms with Gasteiger partial charge >= 0.3 is 0 Å². The Hall–Kier alpha value is -1.39. The van der Waals surface area contributed by atoms with Gasteiger partial charge < -0.3 is 5.11 Å². The number of halogens is 1. The van der Waals surface area contributed by atoms with Gasteiger partial charge in [-0.15, -0.1) is 0 Å². The molecule has 0 amide bonds. The molecule has 2 aliphatic rings. The summed E-state index contributed by atoms with van der Waals surface area (Å²) in [7, 11) is 0. The second kappa shape index (κ2) is 5.57. The normalized spacial score (nSPS) is 34.5. The highest BCUT2D eigenvalue weighted by Crippen LogP contribution is 2.72. The number of aliphatic hydroxyl groups is 1. The quantitative estimate of drug-likeness (QED) is 0.901. The first-order valence-corrected chi connectivity index (χ1v) is 9.12. The zero-order valence-corrected chi connectivity index (χ0v) is 14.9. The summed E-state index contributed by atoms with van der Waals surface area (Å²) in [6.45, 7) is 4.97. The topological polar surface area (TPSA) is 50.9 Å². The smallest absolute Gasteiger partial charge is 0.137 e. The van der Waals surface area contributed by atoms with Gasteiger partial charge in [0.2, 0.25) is 0 Å². The Balaban J connectivity index is 1.67. The molecule has 4 atom stereocenters.